The van der Waals surface area contributed by atoms with E-state index >= 15 is 0 Å². The molecule has 27 heavy (non-hydrogen) atoms. The quantitative estimate of drug-likeness (QED) is 0.561. The van der Waals surface area contributed by atoms with E-state index in [0.29, 0.717) is 17.0 Å². The Morgan fingerprint density at radius 3 is 2.59 bits per heavy atom. The number of benzene rings is 2. The molecule has 2 aromatic heterocycles. The van der Waals surface area contributed by atoms with E-state index in [9.17, 15) is 15.3 Å². The lowest BCUT2D eigenvalue weighted by molar-refractivity contribution is 0.475. The number of rotatable bonds is 4. The Hall–Kier alpha value is -3.92. The lowest BCUT2D eigenvalue weighted by Gasteiger charge is -2.13. The Morgan fingerprint density at radius 2 is 1.89 bits per heavy atom. The molecular formula is C20H15N5O2. The van der Waals surface area contributed by atoms with Gasteiger partial charge in [-0.15, -0.1) is 0 Å². The molecule has 0 saturated carbocycles. The molecule has 0 saturated heterocycles. The monoisotopic (exact) mass is 357 g/mol. The van der Waals surface area contributed by atoms with E-state index in [4.69, 9.17) is 0 Å². The van der Waals surface area contributed by atoms with Gasteiger partial charge in [0.2, 0.25) is 0 Å². The van der Waals surface area contributed by atoms with Crippen molar-refractivity contribution in [1.29, 1.82) is 5.26 Å². The molecule has 0 aliphatic carbocycles. The fraction of sp³-hybridized carbons (Fsp3) is 0.100. The van der Waals surface area contributed by atoms with Crippen LogP contribution < -0.4 is 0 Å². The summed E-state index contributed by atoms with van der Waals surface area (Å²) in [7, 11) is 1.76. The number of aryl methyl sites for hydroxylation is 1. The molecule has 7 heteroatoms. The van der Waals surface area contributed by atoms with Crippen LogP contribution in [0.2, 0.25) is 0 Å². The third kappa shape index (κ3) is 2.55. The van der Waals surface area contributed by atoms with Crippen molar-refractivity contribution in [1.82, 2.24) is 14.3 Å². The van der Waals surface area contributed by atoms with Crippen molar-refractivity contribution in [3.05, 3.63) is 70.8 Å². The Labute approximate surface area is 154 Å². The Bertz CT molecular complexity index is 1200. The second-order valence-electron chi connectivity index (χ2n) is 6.13. The van der Waals surface area contributed by atoms with Crippen molar-refractivity contribution in [3.63, 3.8) is 0 Å². The van der Waals surface area contributed by atoms with Crippen molar-refractivity contribution < 1.29 is 5.11 Å². The van der Waals surface area contributed by atoms with Crippen LogP contribution in [0, 0.1) is 16.2 Å². The molecule has 2 heterocycles. The van der Waals surface area contributed by atoms with Gasteiger partial charge in [0, 0.05) is 23.7 Å². The number of nitrogens with zero attached hydrogens (tertiary/aromatic N) is 5. The topological polar surface area (TPSA) is 96.2 Å². The highest BCUT2D eigenvalue weighted by Gasteiger charge is 2.24. The zero-order valence-electron chi connectivity index (χ0n) is 14.5. The van der Waals surface area contributed by atoms with Crippen LogP contribution in [-0.4, -0.2) is 19.5 Å². The highest BCUT2D eigenvalue weighted by atomic mass is 16.3. The smallest absolute Gasteiger partial charge is 0.115 e. The van der Waals surface area contributed by atoms with Crippen molar-refractivity contribution in [2.45, 2.75) is 6.54 Å². The van der Waals surface area contributed by atoms with Crippen LogP contribution in [0.25, 0.3) is 28.0 Å². The summed E-state index contributed by atoms with van der Waals surface area (Å²) in [5.41, 5.74) is 4.11. The van der Waals surface area contributed by atoms with E-state index in [1.54, 1.807) is 36.0 Å². The first kappa shape index (κ1) is 16.5. The number of aromatic hydroxyl groups is 1. The average molecular weight is 357 g/mol. The largest absolute Gasteiger partial charge is 0.508 e. The minimum Gasteiger partial charge on any atom is -0.508 e. The zero-order chi connectivity index (χ0) is 19.0. The summed E-state index contributed by atoms with van der Waals surface area (Å²) in [6, 6.07) is 16.6. The summed E-state index contributed by atoms with van der Waals surface area (Å²) in [4.78, 5) is 11.2. The molecule has 0 atom stereocenters. The molecule has 0 fully saturated rings. The third-order valence-corrected chi connectivity index (χ3v) is 4.59. The lowest BCUT2D eigenvalue weighted by Crippen LogP contribution is -2.03. The predicted octanol–water partition coefficient (Wildman–Crippen LogP) is 3.87. The molecule has 132 valence electrons. The number of fused-ring (bicyclic) bond motifs is 1. The van der Waals surface area contributed by atoms with Crippen molar-refractivity contribution >= 4 is 10.9 Å². The second-order valence-corrected chi connectivity index (χ2v) is 6.13. The van der Waals surface area contributed by atoms with Gasteiger partial charge in [-0.05, 0) is 30.3 Å². The highest BCUT2D eigenvalue weighted by molar-refractivity contribution is 5.94. The number of phenolic OH excluding ortho intramolecular Hbond substituents is 1. The summed E-state index contributed by atoms with van der Waals surface area (Å²) in [5.74, 6) is 0.157. The number of hydrogen-bond acceptors (Lipinski definition) is 5. The molecule has 0 radical (unpaired) electrons. The van der Waals surface area contributed by atoms with Gasteiger partial charge in [0.1, 0.15) is 24.1 Å². The van der Waals surface area contributed by atoms with E-state index in [1.807, 2.05) is 28.8 Å². The maximum Gasteiger partial charge on any atom is 0.115 e. The van der Waals surface area contributed by atoms with Gasteiger partial charge in [0.25, 0.3) is 0 Å². The van der Waals surface area contributed by atoms with Crippen LogP contribution in [0.5, 0.6) is 5.75 Å². The van der Waals surface area contributed by atoms with Gasteiger partial charge in [0.05, 0.1) is 23.0 Å². The van der Waals surface area contributed by atoms with Crippen LogP contribution in [0.1, 0.15) is 11.1 Å². The summed E-state index contributed by atoms with van der Waals surface area (Å²) in [6.45, 7) is -0.0308. The molecule has 0 spiro atoms. The van der Waals surface area contributed by atoms with E-state index in [0.717, 1.165) is 22.2 Å². The molecule has 4 rings (SSSR count). The van der Waals surface area contributed by atoms with Gasteiger partial charge >= 0.3 is 0 Å². The number of phenols is 1. The maximum absolute atomic E-state index is 11.2. The number of hydrogen-bond donors (Lipinski definition) is 1. The normalized spacial score (nSPS) is 10.8. The molecule has 0 unspecified atom stereocenters. The standard InChI is InChI=1S/C20H15N5O2/c1-24-19(13(10-21)11-22-24)20-17(12-23-27)16-4-2-3-5-18(16)25(20)14-6-8-15(26)9-7-14/h2-9,11,26H,12H2,1H3. The Balaban J connectivity index is 2.18. The van der Waals surface area contributed by atoms with Gasteiger partial charge < -0.3 is 9.67 Å². The number of nitroso groups, excluding NO2 is 1. The first-order valence-corrected chi connectivity index (χ1v) is 8.29. The van der Waals surface area contributed by atoms with Gasteiger partial charge in [-0.3, -0.25) is 4.68 Å². The van der Waals surface area contributed by atoms with E-state index in [-0.39, 0.29) is 12.3 Å². The van der Waals surface area contributed by atoms with Crippen molar-refractivity contribution in [2.75, 3.05) is 0 Å². The van der Waals surface area contributed by atoms with Crippen LogP contribution in [0.15, 0.2) is 59.9 Å². The SMILES string of the molecule is Cn1ncc(C#N)c1-c1c(CN=O)c2ccccc2n1-c1ccc(O)cc1. The first-order chi connectivity index (χ1) is 13.2. The summed E-state index contributed by atoms with van der Waals surface area (Å²) >= 11 is 0. The fourth-order valence-electron chi connectivity index (χ4n) is 3.45. The van der Waals surface area contributed by atoms with Crippen molar-refractivity contribution in [3.8, 4) is 28.9 Å². The maximum atomic E-state index is 11.2. The van der Waals surface area contributed by atoms with Crippen molar-refractivity contribution in [2.24, 2.45) is 12.2 Å². The highest BCUT2D eigenvalue weighted by Crippen LogP contribution is 2.38. The number of nitriles is 1. The molecule has 7 nitrogen and oxygen atoms in total. The average Bonchev–Trinajstić information content (AvgIpc) is 3.20. The van der Waals surface area contributed by atoms with Gasteiger partial charge in [-0.25, -0.2) is 0 Å². The molecule has 0 bridgehead atoms. The molecule has 0 aliphatic rings. The molecule has 2 aromatic carbocycles. The zero-order valence-corrected chi connectivity index (χ0v) is 14.5. The minimum absolute atomic E-state index is 0.0308. The summed E-state index contributed by atoms with van der Waals surface area (Å²) < 4.78 is 3.59. The minimum atomic E-state index is -0.0308. The number of para-hydroxylation sites is 1. The lowest BCUT2D eigenvalue weighted by atomic mass is 10.1. The Morgan fingerprint density at radius 1 is 1.15 bits per heavy atom. The third-order valence-electron chi connectivity index (χ3n) is 4.59. The van der Waals surface area contributed by atoms with Crippen LogP contribution in [-0.2, 0) is 13.6 Å². The fourth-order valence-corrected chi connectivity index (χ4v) is 3.45. The molecule has 4 aromatic rings. The predicted molar refractivity (Wildman–Crippen MR) is 101 cm³/mol. The van der Waals surface area contributed by atoms with E-state index < -0.39 is 0 Å². The second kappa shape index (κ2) is 6.42. The number of aromatic nitrogens is 3. The van der Waals surface area contributed by atoms with E-state index in [2.05, 4.69) is 16.3 Å². The Kier molecular flexibility index (Phi) is 3.94. The van der Waals surface area contributed by atoms with Crippen LogP contribution >= 0.6 is 0 Å². The van der Waals surface area contributed by atoms with Crippen LogP contribution in [0.3, 0.4) is 0 Å². The molecule has 1 N–H and O–H groups in total. The molecule has 0 amide bonds. The molecule has 0 aliphatic heterocycles. The first-order valence-electron chi connectivity index (χ1n) is 8.29. The van der Waals surface area contributed by atoms with Gasteiger partial charge in [-0.2, -0.15) is 15.3 Å². The summed E-state index contributed by atoms with van der Waals surface area (Å²) in [5, 5.41) is 27.4. The van der Waals surface area contributed by atoms with Gasteiger partial charge in [0.15, 0.2) is 0 Å². The summed E-state index contributed by atoms with van der Waals surface area (Å²) in [6.07, 6.45) is 1.51. The van der Waals surface area contributed by atoms with Crippen LogP contribution in [0.4, 0.5) is 0 Å². The molecular weight excluding hydrogens is 342 g/mol. The van der Waals surface area contributed by atoms with E-state index in [1.165, 1.54) is 6.20 Å². The van der Waals surface area contributed by atoms with Gasteiger partial charge in [-0.1, -0.05) is 23.4 Å².